The molecule has 5 amide bonds. The first kappa shape index (κ1) is 23.2. The van der Waals surface area contributed by atoms with Gasteiger partial charge in [-0.05, 0) is 37.3 Å². The van der Waals surface area contributed by atoms with Crippen molar-refractivity contribution in [3.63, 3.8) is 0 Å². The fourth-order valence-corrected chi connectivity index (χ4v) is 4.11. The van der Waals surface area contributed by atoms with Crippen LogP contribution in [0.3, 0.4) is 0 Å². The van der Waals surface area contributed by atoms with Crippen molar-refractivity contribution in [3.8, 4) is 0 Å². The van der Waals surface area contributed by atoms with Crippen LogP contribution in [0.2, 0.25) is 0 Å². The maximum Gasteiger partial charge on any atom is 0.404 e. The number of hydrogen-bond acceptors (Lipinski definition) is 5. The van der Waals surface area contributed by atoms with Gasteiger partial charge in [0.2, 0.25) is 23.6 Å². The van der Waals surface area contributed by atoms with E-state index in [1.54, 1.807) is 4.90 Å². The third-order valence-electron chi connectivity index (χ3n) is 5.76. The predicted molar refractivity (Wildman–Crippen MR) is 115 cm³/mol. The molecule has 1 aromatic carbocycles. The Morgan fingerprint density at radius 1 is 1.09 bits per heavy atom. The van der Waals surface area contributed by atoms with Gasteiger partial charge < -0.3 is 20.6 Å². The summed E-state index contributed by atoms with van der Waals surface area (Å²) < 4.78 is 0. The predicted octanol–water partition coefficient (Wildman–Crippen LogP) is 1.26. The molecule has 4 N–H and O–H groups in total. The minimum atomic E-state index is -1.05. The number of carbonyl (C=O) groups excluding carboxylic acids is 4. The molecule has 0 bridgehead atoms. The summed E-state index contributed by atoms with van der Waals surface area (Å²) in [6, 6.07) is 6.53. The molecule has 0 spiro atoms. The number of nitrogens with zero attached hydrogens (tertiary/aromatic N) is 1. The normalized spacial score (nSPS) is 20.2. The van der Waals surface area contributed by atoms with Crippen LogP contribution in [0.4, 0.5) is 10.5 Å². The molecule has 0 aliphatic carbocycles. The molecule has 1 aromatic rings. The van der Waals surface area contributed by atoms with Gasteiger partial charge in [0.05, 0.1) is 5.92 Å². The summed E-state index contributed by atoms with van der Waals surface area (Å²) in [6.07, 6.45) is 2.24. The van der Waals surface area contributed by atoms with Crippen LogP contribution in [0.15, 0.2) is 24.3 Å². The van der Waals surface area contributed by atoms with Crippen LogP contribution in [0.25, 0.3) is 0 Å². The molecule has 172 valence electrons. The fraction of sp³-hybridized carbons (Fsp3) is 0.500. The number of rotatable bonds is 8. The highest BCUT2D eigenvalue weighted by atomic mass is 16.4. The van der Waals surface area contributed by atoms with Crippen LogP contribution in [-0.4, -0.2) is 54.0 Å². The largest absolute Gasteiger partial charge is 0.465 e. The number of carboxylic acid groups (broad SMARTS) is 1. The number of fused-ring (bicyclic) bond motifs is 1. The van der Waals surface area contributed by atoms with Crippen molar-refractivity contribution in [1.82, 2.24) is 16.0 Å². The van der Waals surface area contributed by atoms with Gasteiger partial charge in [-0.25, -0.2) is 4.79 Å². The highest BCUT2D eigenvalue weighted by molar-refractivity contribution is 6.02. The maximum atomic E-state index is 12.9. The van der Waals surface area contributed by atoms with Crippen molar-refractivity contribution >= 4 is 35.4 Å². The van der Waals surface area contributed by atoms with E-state index in [-0.39, 0.29) is 30.6 Å². The van der Waals surface area contributed by atoms with Crippen molar-refractivity contribution in [2.45, 2.75) is 56.9 Å². The molecule has 2 atom stereocenters. The standard InChI is InChI=1S/C22H28N4O6/c27-18-10-9-16(21(30)25-18)24-20(29)15-11-13-26(17-7-4-3-6-14(15)17)19(28)8-2-1-5-12-23-22(31)32/h3-4,6-7,15-16,23H,1-2,5,8-13H2,(H,24,29)(H,31,32)(H,25,27,30)/t15-,16-/m0/s1. The average Bonchev–Trinajstić information content (AvgIpc) is 2.76. The monoisotopic (exact) mass is 444 g/mol. The molecule has 2 aliphatic heterocycles. The van der Waals surface area contributed by atoms with E-state index in [0.717, 1.165) is 12.0 Å². The second kappa shape index (κ2) is 10.7. The SMILES string of the molecule is O=C(O)NCCCCCC(=O)N1CC[C@H](C(=O)N[C@H]2CCC(=O)NC2=O)c2ccccc21. The van der Waals surface area contributed by atoms with Crippen molar-refractivity contribution in [1.29, 1.82) is 0 Å². The zero-order chi connectivity index (χ0) is 23.1. The van der Waals surface area contributed by atoms with E-state index in [4.69, 9.17) is 5.11 Å². The Kier molecular flexibility index (Phi) is 7.80. The van der Waals surface area contributed by atoms with Crippen LogP contribution in [0.5, 0.6) is 0 Å². The number of para-hydroxylation sites is 1. The van der Waals surface area contributed by atoms with Crippen molar-refractivity contribution in [3.05, 3.63) is 29.8 Å². The minimum absolute atomic E-state index is 0.0346. The van der Waals surface area contributed by atoms with E-state index in [1.165, 1.54) is 0 Å². The van der Waals surface area contributed by atoms with E-state index in [2.05, 4.69) is 16.0 Å². The molecule has 2 heterocycles. The summed E-state index contributed by atoms with van der Waals surface area (Å²) in [6.45, 7) is 0.754. The zero-order valence-electron chi connectivity index (χ0n) is 17.8. The Balaban J connectivity index is 1.58. The lowest BCUT2D eigenvalue weighted by Crippen LogP contribution is -2.53. The molecule has 3 rings (SSSR count). The van der Waals surface area contributed by atoms with Gasteiger partial charge >= 0.3 is 6.09 Å². The molecule has 0 unspecified atom stereocenters. The summed E-state index contributed by atoms with van der Waals surface area (Å²) in [5, 5.41) is 15.9. The number of amides is 5. The number of carbonyl (C=O) groups is 5. The van der Waals surface area contributed by atoms with Gasteiger partial charge in [-0.3, -0.25) is 24.5 Å². The Morgan fingerprint density at radius 2 is 1.88 bits per heavy atom. The Morgan fingerprint density at radius 3 is 2.62 bits per heavy atom. The number of unbranched alkanes of at least 4 members (excludes halogenated alkanes) is 2. The van der Waals surface area contributed by atoms with Crippen LogP contribution in [0, 0.1) is 0 Å². The summed E-state index contributed by atoms with van der Waals surface area (Å²) in [4.78, 5) is 61.2. The van der Waals surface area contributed by atoms with Crippen molar-refractivity contribution in [2.24, 2.45) is 0 Å². The lowest BCUT2D eigenvalue weighted by atomic mass is 9.88. The van der Waals surface area contributed by atoms with E-state index in [0.29, 0.717) is 44.5 Å². The molecule has 0 radical (unpaired) electrons. The smallest absolute Gasteiger partial charge is 0.404 e. The van der Waals surface area contributed by atoms with E-state index >= 15 is 0 Å². The van der Waals surface area contributed by atoms with Crippen molar-refractivity contribution < 1.29 is 29.1 Å². The van der Waals surface area contributed by atoms with Crippen LogP contribution < -0.4 is 20.9 Å². The molecule has 1 saturated heterocycles. The quantitative estimate of drug-likeness (QED) is 0.351. The Hall–Kier alpha value is -3.43. The number of hydrogen-bond donors (Lipinski definition) is 4. The highest BCUT2D eigenvalue weighted by Gasteiger charge is 2.35. The van der Waals surface area contributed by atoms with E-state index < -0.39 is 24.0 Å². The lowest BCUT2D eigenvalue weighted by molar-refractivity contribution is -0.137. The van der Waals surface area contributed by atoms with Gasteiger partial charge in [0.1, 0.15) is 6.04 Å². The first-order valence-electron chi connectivity index (χ1n) is 10.9. The summed E-state index contributed by atoms with van der Waals surface area (Å²) >= 11 is 0. The second-order valence-electron chi connectivity index (χ2n) is 8.00. The molecule has 10 nitrogen and oxygen atoms in total. The molecular formula is C22H28N4O6. The Labute approximate surface area is 185 Å². The van der Waals surface area contributed by atoms with Gasteiger partial charge in [0, 0.05) is 31.6 Å². The van der Waals surface area contributed by atoms with Crippen LogP contribution >= 0.6 is 0 Å². The number of piperidine rings is 1. The van der Waals surface area contributed by atoms with Gasteiger partial charge in [-0.15, -0.1) is 0 Å². The topological polar surface area (TPSA) is 145 Å². The molecular weight excluding hydrogens is 416 g/mol. The van der Waals surface area contributed by atoms with Gasteiger partial charge in [-0.1, -0.05) is 24.6 Å². The fourth-order valence-electron chi connectivity index (χ4n) is 4.11. The zero-order valence-corrected chi connectivity index (χ0v) is 17.8. The number of nitrogens with one attached hydrogen (secondary N) is 3. The molecule has 0 saturated carbocycles. The molecule has 10 heteroatoms. The van der Waals surface area contributed by atoms with Gasteiger partial charge in [0.25, 0.3) is 0 Å². The molecule has 0 aromatic heterocycles. The first-order chi connectivity index (χ1) is 15.4. The summed E-state index contributed by atoms with van der Waals surface area (Å²) in [7, 11) is 0. The van der Waals surface area contributed by atoms with Crippen molar-refractivity contribution in [2.75, 3.05) is 18.0 Å². The first-order valence-corrected chi connectivity index (χ1v) is 10.9. The molecule has 1 fully saturated rings. The lowest BCUT2D eigenvalue weighted by Gasteiger charge is -2.34. The summed E-state index contributed by atoms with van der Waals surface area (Å²) in [5.41, 5.74) is 1.43. The molecule has 2 aliphatic rings. The van der Waals surface area contributed by atoms with E-state index in [9.17, 15) is 24.0 Å². The molecule has 32 heavy (non-hydrogen) atoms. The number of anilines is 1. The van der Waals surface area contributed by atoms with Crippen LogP contribution in [-0.2, 0) is 19.2 Å². The van der Waals surface area contributed by atoms with Crippen LogP contribution in [0.1, 0.15) is 56.4 Å². The maximum absolute atomic E-state index is 12.9. The number of benzene rings is 1. The third kappa shape index (κ3) is 5.83. The summed E-state index contributed by atoms with van der Waals surface area (Å²) in [5.74, 6) is -1.63. The average molecular weight is 444 g/mol. The van der Waals surface area contributed by atoms with E-state index in [1.807, 2.05) is 24.3 Å². The number of imide groups is 1. The highest BCUT2D eigenvalue weighted by Crippen LogP contribution is 2.36. The van der Waals surface area contributed by atoms with Gasteiger partial charge in [0.15, 0.2) is 0 Å². The van der Waals surface area contributed by atoms with Gasteiger partial charge in [-0.2, -0.15) is 0 Å². The second-order valence-corrected chi connectivity index (χ2v) is 8.00. The minimum Gasteiger partial charge on any atom is -0.465 e. The third-order valence-corrected chi connectivity index (χ3v) is 5.76. The Bertz CT molecular complexity index is 902.